The van der Waals surface area contributed by atoms with Gasteiger partial charge in [0.25, 0.3) is 9.05 Å². The van der Waals surface area contributed by atoms with Crippen molar-refractivity contribution in [2.45, 2.75) is 31.1 Å². The number of ether oxygens (including phenoxy) is 1. The largest absolute Gasteiger partial charge is 0.462 e. The Hall–Kier alpha value is -1.14. The Morgan fingerprint density at radius 3 is 2.65 bits per heavy atom. The molecule has 0 aromatic heterocycles. The topological polar surface area (TPSA) is 60.4 Å². The molecule has 0 bridgehead atoms. The van der Waals surface area contributed by atoms with Crippen molar-refractivity contribution in [3.8, 4) is 0 Å². The van der Waals surface area contributed by atoms with Gasteiger partial charge in [0.05, 0.1) is 12.2 Å². The smallest absolute Gasteiger partial charge is 0.338 e. The van der Waals surface area contributed by atoms with Crippen molar-refractivity contribution in [3.05, 3.63) is 29.1 Å². The fourth-order valence-electron chi connectivity index (χ4n) is 1.84. The molecule has 0 unspecified atom stereocenters. The standard InChI is InChI=1S/C13H14ClFO4S/c1-8-6-10(7-11(12(8)15)20(14,17)18)13(16)19-5-4-9-2-3-9/h6-7,9H,2-5H2,1H3. The molecule has 2 rings (SSSR count). The monoisotopic (exact) mass is 320 g/mol. The first-order chi connectivity index (χ1) is 9.29. The van der Waals surface area contributed by atoms with E-state index in [0.29, 0.717) is 5.92 Å². The Morgan fingerprint density at radius 2 is 2.10 bits per heavy atom. The van der Waals surface area contributed by atoms with Gasteiger partial charge in [-0.2, -0.15) is 0 Å². The van der Waals surface area contributed by atoms with Gasteiger partial charge in [-0.15, -0.1) is 0 Å². The summed E-state index contributed by atoms with van der Waals surface area (Å²) in [5, 5.41) is 0. The van der Waals surface area contributed by atoms with Gasteiger partial charge in [0, 0.05) is 10.7 Å². The first-order valence-electron chi connectivity index (χ1n) is 6.21. The number of carbonyl (C=O) groups is 1. The molecule has 0 heterocycles. The van der Waals surface area contributed by atoms with E-state index in [-0.39, 0.29) is 17.7 Å². The SMILES string of the molecule is Cc1cc(C(=O)OCCC2CC2)cc(S(=O)(=O)Cl)c1F. The number of carbonyl (C=O) groups excluding carboxylic acids is 1. The molecule has 0 N–H and O–H groups in total. The molecule has 1 fully saturated rings. The lowest BCUT2D eigenvalue weighted by Crippen LogP contribution is -2.09. The third kappa shape index (κ3) is 3.70. The van der Waals surface area contributed by atoms with Gasteiger partial charge >= 0.3 is 5.97 Å². The summed E-state index contributed by atoms with van der Waals surface area (Å²) in [6.45, 7) is 1.64. The highest BCUT2D eigenvalue weighted by molar-refractivity contribution is 8.13. The first kappa shape index (κ1) is 15.3. The molecule has 0 amide bonds. The van der Waals surface area contributed by atoms with Gasteiger partial charge < -0.3 is 4.74 Å². The summed E-state index contributed by atoms with van der Waals surface area (Å²) in [6, 6.07) is 2.16. The van der Waals surface area contributed by atoms with Crippen molar-refractivity contribution >= 4 is 25.7 Å². The summed E-state index contributed by atoms with van der Waals surface area (Å²) < 4.78 is 41.3. The van der Waals surface area contributed by atoms with Crippen LogP contribution in [-0.4, -0.2) is 21.0 Å². The van der Waals surface area contributed by atoms with Gasteiger partial charge in [0.1, 0.15) is 10.7 Å². The number of hydrogen-bond acceptors (Lipinski definition) is 4. The summed E-state index contributed by atoms with van der Waals surface area (Å²) in [5.41, 5.74) is 0.0137. The Kier molecular flexibility index (Phi) is 4.34. The minimum atomic E-state index is -4.25. The van der Waals surface area contributed by atoms with E-state index in [1.807, 2.05) is 0 Å². The van der Waals surface area contributed by atoms with Crippen LogP contribution < -0.4 is 0 Å². The fraction of sp³-hybridized carbons (Fsp3) is 0.462. The van der Waals surface area contributed by atoms with E-state index in [2.05, 4.69) is 0 Å². The van der Waals surface area contributed by atoms with Crippen LogP contribution in [0.3, 0.4) is 0 Å². The van der Waals surface area contributed by atoms with Crippen LogP contribution in [0.5, 0.6) is 0 Å². The van der Waals surface area contributed by atoms with Crippen molar-refractivity contribution in [1.29, 1.82) is 0 Å². The minimum Gasteiger partial charge on any atom is -0.462 e. The van der Waals surface area contributed by atoms with Crippen LogP contribution in [0, 0.1) is 18.7 Å². The molecule has 20 heavy (non-hydrogen) atoms. The van der Waals surface area contributed by atoms with Gasteiger partial charge in [-0.1, -0.05) is 12.8 Å². The lowest BCUT2D eigenvalue weighted by Gasteiger charge is -2.08. The molecule has 1 aromatic carbocycles. The number of benzene rings is 1. The van der Waals surface area contributed by atoms with Crippen LogP contribution in [-0.2, 0) is 13.8 Å². The molecule has 0 saturated heterocycles. The average molecular weight is 321 g/mol. The van der Waals surface area contributed by atoms with Crippen molar-refractivity contribution in [2.75, 3.05) is 6.61 Å². The minimum absolute atomic E-state index is 0.0149. The summed E-state index contributed by atoms with van der Waals surface area (Å²) in [5.74, 6) is -0.999. The number of rotatable bonds is 5. The lowest BCUT2D eigenvalue weighted by atomic mass is 10.1. The van der Waals surface area contributed by atoms with Crippen LogP contribution in [0.1, 0.15) is 35.2 Å². The highest BCUT2D eigenvalue weighted by Crippen LogP contribution is 2.32. The third-order valence-electron chi connectivity index (χ3n) is 3.18. The molecule has 110 valence electrons. The molecule has 0 spiro atoms. The highest BCUT2D eigenvalue weighted by atomic mass is 35.7. The summed E-state index contributed by atoms with van der Waals surface area (Å²) >= 11 is 0. The Bertz CT molecular complexity index is 638. The molecule has 0 aliphatic heterocycles. The second-order valence-corrected chi connectivity index (χ2v) is 7.45. The molecule has 1 aromatic rings. The van der Waals surface area contributed by atoms with E-state index < -0.39 is 25.7 Å². The highest BCUT2D eigenvalue weighted by Gasteiger charge is 2.23. The van der Waals surface area contributed by atoms with E-state index in [9.17, 15) is 17.6 Å². The van der Waals surface area contributed by atoms with Gasteiger partial charge in [-0.3, -0.25) is 0 Å². The first-order valence-corrected chi connectivity index (χ1v) is 8.52. The molecular weight excluding hydrogens is 307 g/mol. The number of aryl methyl sites for hydroxylation is 1. The zero-order valence-electron chi connectivity index (χ0n) is 10.9. The molecule has 1 saturated carbocycles. The van der Waals surface area contributed by atoms with E-state index >= 15 is 0 Å². The van der Waals surface area contributed by atoms with Gasteiger partial charge in [-0.05, 0) is 37.0 Å². The summed E-state index contributed by atoms with van der Waals surface area (Å²) in [4.78, 5) is 11.1. The molecule has 1 aliphatic carbocycles. The zero-order chi connectivity index (χ0) is 14.9. The van der Waals surface area contributed by atoms with Gasteiger partial charge in [-0.25, -0.2) is 17.6 Å². The molecular formula is C13H14ClFO4S. The van der Waals surface area contributed by atoms with Crippen LogP contribution >= 0.6 is 10.7 Å². The van der Waals surface area contributed by atoms with Gasteiger partial charge in [0.15, 0.2) is 0 Å². The summed E-state index contributed by atoms with van der Waals surface area (Å²) in [7, 11) is 0.900. The maximum Gasteiger partial charge on any atom is 0.338 e. The van der Waals surface area contributed by atoms with E-state index in [1.54, 1.807) is 0 Å². The maximum atomic E-state index is 13.7. The van der Waals surface area contributed by atoms with Crippen LogP contribution in [0.15, 0.2) is 17.0 Å². The predicted molar refractivity (Wildman–Crippen MR) is 71.8 cm³/mol. The Labute approximate surface area is 121 Å². The number of esters is 1. The lowest BCUT2D eigenvalue weighted by molar-refractivity contribution is 0.0494. The van der Waals surface area contributed by atoms with Crippen molar-refractivity contribution in [3.63, 3.8) is 0 Å². The average Bonchev–Trinajstić information content (AvgIpc) is 3.14. The van der Waals surface area contributed by atoms with E-state index in [4.69, 9.17) is 15.4 Å². The van der Waals surface area contributed by atoms with Gasteiger partial charge in [0.2, 0.25) is 0 Å². The number of hydrogen-bond donors (Lipinski definition) is 0. The van der Waals surface area contributed by atoms with Crippen LogP contribution in [0.25, 0.3) is 0 Å². The quantitative estimate of drug-likeness (QED) is 0.618. The summed E-state index contributed by atoms with van der Waals surface area (Å²) in [6.07, 6.45) is 3.11. The molecule has 4 nitrogen and oxygen atoms in total. The molecule has 1 aliphatic rings. The van der Waals surface area contributed by atoms with Crippen LogP contribution in [0.2, 0.25) is 0 Å². The molecule has 0 atom stereocenters. The third-order valence-corrected chi connectivity index (χ3v) is 4.50. The predicted octanol–water partition coefficient (Wildman–Crippen LogP) is 3.02. The fourth-order valence-corrected chi connectivity index (χ4v) is 2.82. The van der Waals surface area contributed by atoms with E-state index in [0.717, 1.165) is 25.3 Å². The van der Waals surface area contributed by atoms with Crippen LogP contribution in [0.4, 0.5) is 4.39 Å². The zero-order valence-corrected chi connectivity index (χ0v) is 12.4. The molecule has 7 heteroatoms. The van der Waals surface area contributed by atoms with E-state index in [1.165, 1.54) is 13.0 Å². The second kappa shape index (κ2) is 5.69. The normalized spacial score (nSPS) is 15.2. The number of halogens is 2. The molecule has 0 radical (unpaired) electrons. The Balaban J connectivity index is 2.18. The van der Waals surface area contributed by atoms with Crippen molar-refractivity contribution < 1.29 is 22.3 Å². The van der Waals surface area contributed by atoms with Crippen molar-refractivity contribution in [2.24, 2.45) is 5.92 Å². The Morgan fingerprint density at radius 1 is 1.45 bits per heavy atom. The maximum absolute atomic E-state index is 13.7. The second-order valence-electron chi connectivity index (χ2n) is 4.91. The van der Waals surface area contributed by atoms with Crippen molar-refractivity contribution in [1.82, 2.24) is 0 Å².